The van der Waals surface area contributed by atoms with E-state index in [0.717, 1.165) is 27.9 Å². The largest absolute Gasteiger partial charge is 0.493 e. The monoisotopic (exact) mass is 441 g/mol. The SMILES string of the molecule is COc1cc2ncnc(Nc3ccc(OCc4ccccc4)cc3)c2cc1OCC=C(C)C. The van der Waals surface area contributed by atoms with Crippen LogP contribution in [-0.2, 0) is 6.61 Å². The van der Waals surface area contributed by atoms with Gasteiger partial charge in [0.05, 0.1) is 12.6 Å². The van der Waals surface area contributed by atoms with Crippen LogP contribution in [0.15, 0.2) is 84.7 Å². The predicted octanol–water partition coefficient (Wildman–Crippen LogP) is 6.31. The van der Waals surface area contributed by atoms with Gasteiger partial charge in [-0.05, 0) is 55.8 Å². The van der Waals surface area contributed by atoms with Crippen molar-refractivity contribution < 1.29 is 14.2 Å². The molecule has 6 heteroatoms. The van der Waals surface area contributed by atoms with E-state index < -0.39 is 0 Å². The van der Waals surface area contributed by atoms with Crippen molar-refractivity contribution in [3.63, 3.8) is 0 Å². The van der Waals surface area contributed by atoms with Crippen LogP contribution in [0.3, 0.4) is 0 Å². The zero-order valence-electron chi connectivity index (χ0n) is 19.0. The molecule has 0 unspecified atom stereocenters. The molecule has 0 saturated carbocycles. The van der Waals surface area contributed by atoms with Crippen LogP contribution in [0.2, 0.25) is 0 Å². The third-order valence-electron chi connectivity index (χ3n) is 5.02. The van der Waals surface area contributed by atoms with Crippen molar-refractivity contribution in [1.82, 2.24) is 9.97 Å². The first-order valence-corrected chi connectivity index (χ1v) is 10.7. The molecule has 168 valence electrons. The summed E-state index contributed by atoms with van der Waals surface area (Å²) in [6, 6.07) is 21.7. The van der Waals surface area contributed by atoms with E-state index in [2.05, 4.69) is 15.3 Å². The normalized spacial score (nSPS) is 10.5. The summed E-state index contributed by atoms with van der Waals surface area (Å²) in [6.45, 7) is 5.07. The van der Waals surface area contributed by atoms with Gasteiger partial charge >= 0.3 is 0 Å². The predicted molar refractivity (Wildman–Crippen MR) is 132 cm³/mol. The van der Waals surface area contributed by atoms with Gasteiger partial charge in [0.2, 0.25) is 0 Å². The van der Waals surface area contributed by atoms with Crippen molar-refractivity contribution >= 4 is 22.4 Å². The molecule has 0 saturated heterocycles. The minimum atomic E-state index is 0.463. The zero-order valence-corrected chi connectivity index (χ0v) is 19.0. The zero-order chi connectivity index (χ0) is 23.0. The van der Waals surface area contributed by atoms with Crippen LogP contribution in [0.4, 0.5) is 11.5 Å². The van der Waals surface area contributed by atoms with Gasteiger partial charge in [-0.3, -0.25) is 0 Å². The van der Waals surface area contributed by atoms with E-state index in [1.807, 2.05) is 86.7 Å². The molecule has 3 aromatic carbocycles. The molecule has 0 radical (unpaired) electrons. The Morgan fingerprint density at radius 2 is 1.70 bits per heavy atom. The van der Waals surface area contributed by atoms with Gasteiger partial charge in [-0.2, -0.15) is 0 Å². The number of rotatable bonds is 9. The molecule has 1 heterocycles. The molecule has 0 aliphatic rings. The highest BCUT2D eigenvalue weighted by Crippen LogP contribution is 2.35. The smallest absolute Gasteiger partial charge is 0.162 e. The minimum Gasteiger partial charge on any atom is -0.493 e. The fraction of sp³-hybridized carbons (Fsp3) is 0.185. The molecular formula is C27H27N3O3. The summed E-state index contributed by atoms with van der Waals surface area (Å²) in [6.07, 6.45) is 3.55. The van der Waals surface area contributed by atoms with Gasteiger partial charge in [-0.1, -0.05) is 35.9 Å². The first-order valence-electron chi connectivity index (χ1n) is 10.7. The fourth-order valence-corrected chi connectivity index (χ4v) is 3.25. The molecule has 1 N–H and O–H groups in total. The molecule has 33 heavy (non-hydrogen) atoms. The van der Waals surface area contributed by atoms with E-state index in [4.69, 9.17) is 14.2 Å². The van der Waals surface area contributed by atoms with Crippen LogP contribution in [0, 0.1) is 0 Å². The van der Waals surface area contributed by atoms with Crippen molar-refractivity contribution in [3.05, 3.63) is 90.3 Å². The third-order valence-corrected chi connectivity index (χ3v) is 5.02. The molecule has 0 aliphatic carbocycles. The molecule has 4 rings (SSSR count). The van der Waals surface area contributed by atoms with E-state index in [-0.39, 0.29) is 0 Å². The van der Waals surface area contributed by atoms with Crippen LogP contribution in [0.1, 0.15) is 19.4 Å². The lowest BCUT2D eigenvalue weighted by molar-refractivity contribution is 0.306. The van der Waals surface area contributed by atoms with Gasteiger partial charge < -0.3 is 19.5 Å². The first-order chi connectivity index (χ1) is 16.1. The number of methoxy groups -OCH3 is 1. The van der Waals surface area contributed by atoms with E-state index in [1.165, 1.54) is 11.9 Å². The Kier molecular flexibility index (Phi) is 7.05. The summed E-state index contributed by atoms with van der Waals surface area (Å²) < 4.78 is 17.3. The Morgan fingerprint density at radius 3 is 2.42 bits per heavy atom. The molecule has 0 bridgehead atoms. The maximum absolute atomic E-state index is 5.93. The average molecular weight is 442 g/mol. The fourth-order valence-electron chi connectivity index (χ4n) is 3.25. The minimum absolute atomic E-state index is 0.463. The molecule has 0 fully saturated rings. The van der Waals surface area contributed by atoms with Crippen molar-refractivity contribution in [3.8, 4) is 17.2 Å². The Balaban J connectivity index is 1.52. The second-order valence-electron chi connectivity index (χ2n) is 7.76. The standard InChI is InChI=1S/C27H27N3O3/c1-19(2)13-14-32-26-15-23-24(16-25(26)31-3)28-18-29-27(23)30-21-9-11-22(12-10-21)33-17-20-7-5-4-6-8-20/h4-13,15-16,18H,14,17H2,1-3H3,(H,28,29,30). The Hall–Kier alpha value is -4.06. The maximum Gasteiger partial charge on any atom is 0.162 e. The van der Waals surface area contributed by atoms with Crippen molar-refractivity contribution in [1.29, 1.82) is 0 Å². The number of nitrogens with one attached hydrogen (secondary N) is 1. The summed E-state index contributed by atoms with van der Waals surface area (Å²) in [7, 11) is 1.62. The third kappa shape index (κ3) is 5.80. The Labute approximate surface area is 193 Å². The van der Waals surface area contributed by atoms with Gasteiger partial charge in [-0.25, -0.2) is 9.97 Å². The number of allylic oxidation sites excluding steroid dienone is 1. The lowest BCUT2D eigenvalue weighted by Crippen LogP contribution is -2.00. The number of hydrogen-bond donors (Lipinski definition) is 1. The second-order valence-corrected chi connectivity index (χ2v) is 7.76. The quantitative estimate of drug-likeness (QED) is 0.307. The van der Waals surface area contributed by atoms with Gasteiger partial charge in [0.25, 0.3) is 0 Å². The van der Waals surface area contributed by atoms with Gasteiger partial charge in [-0.15, -0.1) is 0 Å². The lowest BCUT2D eigenvalue weighted by atomic mass is 10.2. The first kappa shape index (κ1) is 22.1. The number of hydrogen-bond acceptors (Lipinski definition) is 6. The van der Waals surface area contributed by atoms with Gasteiger partial charge in [0, 0.05) is 17.1 Å². The summed E-state index contributed by atoms with van der Waals surface area (Å²) in [5.74, 6) is 2.77. The van der Waals surface area contributed by atoms with Crippen LogP contribution >= 0.6 is 0 Å². The number of fused-ring (bicyclic) bond motifs is 1. The average Bonchev–Trinajstić information content (AvgIpc) is 2.84. The van der Waals surface area contributed by atoms with Gasteiger partial charge in [0.15, 0.2) is 11.5 Å². The molecule has 0 atom stereocenters. The van der Waals surface area contributed by atoms with Crippen LogP contribution < -0.4 is 19.5 Å². The number of nitrogens with zero attached hydrogens (tertiary/aromatic N) is 2. The highest BCUT2D eigenvalue weighted by molar-refractivity contribution is 5.93. The summed E-state index contributed by atoms with van der Waals surface area (Å²) >= 11 is 0. The second kappa shape index (κ2) is 10.5. The molecule has 6 nitrogen and oxygen atoms in total. The summed E-state index contributed by atoms with van der Waals surface area (Å²) in [5.41, 5.74) is 3.98. The number of aromatic nitrogens is 2. The van der Waals surface area contributed by atoms with Crippen molar-refractivity contribution in [2.24, 2.45) is 0 Å². The van der Waals surface area contributed by atoms with Crippen molar-refractivity contribution in [2.45, 2.75) is 20.5 Å². The number of anilines is 2. The van der Waals surface area contributed by atoms with Crippen molar-refractivity contribution in [2.75, 3.05) is 19.0 Å². The van der Waals surface area contributed by atoms with E-state index in [1.54, 1.807) is 7.11 Å². The maximum atomic E-state index is 5.93. The number of benzene rings is 3. The van der Waals surface area contributed by atoms with Crippen LogP contribution in [0.25, 0.3) is 10.9 Å². The highest BCUT2D eigenvalue weighted by Gasteiger charge is 2.12. The summed E-state index contributed by atoms with van der Waals surface area (Å²) in [5, 5.41) is 4.21. The molecular weight excluding hydrogens is 414 g/mol. The van der Waals surface area contributed by atoms with Crippen LogP contribution in [-0.4, -0.2) is 23.7 Å². The topological polar surface area (TPSA) is 65.5 Å². The highest BCUT2D eigenvalue weighted by atomic mass is 16.5. The summed E-state index contributed by atoms with van der Waals surface area (Å²) in [4.78, 5) is 8.83. The van der Waals surface area contributed by atoms with E-state index >= 15 is 0 Å². The molecule has 0 aliphatic heterocycles. The van der Waals surface area contributed by atoms with Crippen LogP contribution in [0.5, 0.6) is 17.2 Å². The Bertz CT molecular complexity index is 1230. The Morgan fingerprint density at radius 1 is 0.909 bits per heavy atom. The molecule has 0 spiro atoms. The van der Waals surface area contributed by atoms with E-state index in [0.29, 0.717) is 30.5 Å². The van der Waals surface area contributed by atoms with Gasteiger partial charge in [0.1, 0.15) is 31.1 Å². The number of ether oxygens (including phenoxy) is 3. The lowest BCUT2D eigenvalue weighted by Gasteiger charge is -2.13. The van der Waals surface area contributed by atoms with E-state index in [9.17, 15) is 0 Å². The molecule has 1 aromatic heterocycles. The molecule has 0 amide bonds. The molecule has 4 aromatic rings.